The van der Waals surface area contributed by atoms with Gasteiger partial charge in [-0.3, -0.25) is 19.8 Å². The summed E-state index contributed by atoms with van der Waals surface area (Å²) >= 11 is 7.02. The highest BCUT2D eigenvalue weighted by molar-refractivity contribution is 7.90. The van der Waals surface area contributed by atoms with Gasteiger partial charge in [0.05, 0.1) is 22.0 Å². The molecule has 4 aromatic carbocycles. The van der Waals surface area contributed by atoms with Crippen molar-refractivity contribution in [3.63, 3.8) is 0 Å². The molecule has 16 heteroatoms. The molecule has 0 spiro atoms. The summed E-state index contributed by atoms with van der Waals surface area (Å²) in [6.45, 7) is 6.49. The van der Waals surface area contributed by atoms with Gasteiger partial charge >= 0.3 is 0 Å². The number of nitro groups is 1. The van der Waals surface area contributed by atoms with E-state index >= 15 is 0 Å². The average Bonchev–Trinajstić information content (AvgIpc) is 3.26. The Labute approximate surface area is 368 Å². The Hall–Kier alpha value is -5.29. The van der Waals surface area contributed by atoms with Crippen molar-refractivity contribution < 1.29 is 32.3 Å². The SMILES string of the molecule is CN(C)CCOC1(Cl)C=CC(c2ccccc2)C(CN2CCN(c3ccc(C(=O)NS(=O)(=O)c4ccc(NCC5CCOCC5)c([N+](=O)[O-])c4)c(Oc4ccccc4)c3)CC2)=C1. The van der Waals surface area contributed by atoms with E-state index in [0.717, 1.165) is 49.8 Å². The van der Waals surface area contributed by atoms with Crippen LogP contribution in [0.4, 0.5) is 17.1 Å². The molecule has 2 saturated heterocycles. The van der Waals surface area contributed by atoms with Gasteiger partial charge in [-0.25, -0.2) is 13.1 Å². The number of rotatable bonds is 17. The zero-order valence-electron chi connectivity index (χ0n) is 35.0. The number of alkyl halides is 1. The lowest BCUT2D eigenvalue weighted by molar-refractivity contribution is -0.384. The van der Waals surface area contributed by atoms with Crippen LogP contribution in [-0.4, -0.2) is 114 Å². The van der Waals surface area contributed by atoms with E-state index in [-0.39, 0.29) is 28.8 Å². The minimum absolute atomic E-state index is 0.0225. The lowest BCUT2D eigenvalue weighted by atomic mass is 9.85. The zero-order chi connectivity index (χ0) is 43.7. The van der Waals surface area contributed by atoms with Crippen molar-refractivity contribution in [2.45, 2.75) is 28.7 Å². The van der Waals surface area contributed by atoms with Crippen LogP contribution >= 0.6 is 11.6 Å². The number of amides is 1. The molecular formula is C46H53ClN6O8S. The number of sulfonamides is 1. The quantitative estimate of drug-likeness (QED) is 0.0475. The lowest BCUT2D eigenvalue weighted by Gasteiger charge is -2.38. The van der Waals surface area contributed by atoms with Crippen molar-refractivity contribution >= 4 is 44.6 Å². The maximum atomic E-state index is 13.8. The molecule has 2 unspecified atom stereocenters. The third-order valence-electron chi connectivity index (χ3n) is 11.3. The predicted molar refractivity (Wildman–Crippen MR) is 241 cm³/mol. The molecule has 1 aliphatic carbocycles. The van der Waals surface area contributed by atoms with Gasteiger partial charge in [-0.1, -0.05) is 66.2 Å². The summed E-state index contributed by atoms with van der Waals surface area (Å²) in [7, 11) is -0.546. The molecule has 4 aromatic rings. The Bertz CT molecular complexity index is 2350. The Kier molecular flexibility index (Phi) is 14.6. The molecule has 3 aliphatic rings. The van der Waals surface area contributed by atoms with Crippen LogP contribution in [0, 0.1) is 16.0 Å². The third kappa shape index (κ3) is 11.6. The number of hydrogen-bond donors (Lipinski definition) is 2. The van der Waals surface area contributed by atoms with Crippen LogP contribution in [0.15, 0.2) is 126 Å². The van der Waals surface area contributed by atoms with Crippen molar-refractivity contribution in [3.8, 4) is 11.5 Å². The fourth-order valence-electron chi connectivity index (χ4n) is 7.78. The van der Waals surface area contributed by atoms with Crippen molar-refractivity contribution in [3.05, 3.63) is 142 Å². The van der Waals surface area contributed by atoms with Gasteiger partial charge in [-0.05, 0) is 92.5 Å². The average molecular weight is 885 g/mol. The number of anilines is 2. The number of allylic oxidation sites excluding steroid dienone is 1. The van der Waals surface area contributed by atoms with E-state index in [9.17, 15) is 23.3 Å². The van der Waals surface area contributed by atoms with Gasteiger partial charge in [0.15, 0.2) is 5.06 Å². The van der Waals surface area contributed by atoms with E-state index in [2.05, 4.69) is 42.9 Å². The molecule has 7 rings (SSSR count). The molecule has 328 valence electrons. The molecule has 1 amide bonds. The summed E-state index contributed by atoms with van der Waals surface area (Å²) in [6.07, 6.45) is 7.77. The first kappa shape index (κ1) is 44.8. The number of carbonyl (C=O) groups excluding carboxylic acids is 1. The minimum Gasteiger partial charge on any atom is -0.456 e. The van der Waals surface area contributed by atoms with Crippen LogP contribution < -0.4 is 19.7 Å². The van der Waals surface area contributed by atoms with Gasteiger partial charge < -0.3 is 29.3 Å². The summed E-state index contributed by atoms with van der Waals surface area (Å²) < 4.78 is 47.1. The van der Waals surface area contributed by atoms with Crippen LogP contribution in [0.1, 0.15) is 34.7 Å². The van der Waals surface area contributed by atoms with Crippen molar-refractivity contribution in [1.29, 1.82) is 0 Å². The van der Waals surface area contributed by atoms with Crippen molar-refractivity contribution in [2.75, 3.05) is 89.9 Å². The molecule has 2 aliphatic heterocycles. The molecular weight excluding hydrogens is 832 g/mol. The molecule has 2 fully saturated rings. The van der Waals surface area contributed by atoms with Crippen molar-refractivity contribution in [1.82, 2.24) is 14.5 Å². The monoisotopic (exact) mass is 884 g/mol. The number of para-hydroxylation sites is 1. The summed E-state index contributed by atoms with van der Waals surface area (Å²) in [5.74, 6) is -0.0101. The van der Waals surface area contributed by atoms with E-state index in [1.165, 1.54) is 23.8 Å². The summed E-state index contributed by atoms with van der Waals surface area (Å²) in [6, 6.07) is 27.8. The van der Waals surface area contributed by atoms with Gasteiger partial charge in [0.2, 0.25) is 0 Å². The number of ether oxygens (including phenoxy) is 3. The van der Waals surface area contributed by atoms with Gasteiger partial charge in [-0.2, -0.15) is 0 Å². The Morgan fingerprint density at radius 3 is 2.37 bits per heavy atom. The van der Waals surface area contributed by atoms with E-state index in [0.29, 0.717) is 51.7 Å². The second kappa shape index (κ2) is 20.3. The van der Waals surface area contributed by atoms with Gasteiger partial charge in [-0.15, -0.1) is 0 Å². The molecule has 0 radical (unpaired) electrons. The minimum atomic E-state index is -4.54. The smallest absolute Gasteiger partial charge is 0.293 e. The first-order valence-electron chi connectivity index (χ1n) is 20.8. The van der Waals surface area contributed by atoms with E-state index in [1.807, 2.05) is 50.5 Å². The number of nitrogens with one attached hydrogen (secondary N) is 2. The Balaban J connectivity index is 1.05. The van der Waals surface area contributed by atoms with Gasteiger partial charge in [0, 0.05) is 82.8 Å². The van der Waals surface area contributed by atoms with E-state index in [4.69, 9.17) is 25.8 Å². The molecule has 2 heterocycles. The zero-order valence-corrected chi connectivity index (χ0v) is 36.5. The standard InChI is InChI=1S/C46H53ClN6O8S/c1-50(2)25-28-60-46(47)20-17-40(35-9-5-3-6-10-35)36(31-46)33-51-21-23-52(24-22-51)37-13-15-41(44(29-37)61-38-11-7-4-8-12-38)45(54)49-62(57,58)39-14-16-42(43(30-39)53(55)56)48-32-34-18-26-59-27-19-34/h3-17,20,29-31,34,40,48H,18-19,21-28,32-33H2,1-2H3,(H,49,54). The van der Waals surface area contributed by atoms with Crippen LogP contribution in [0.3, 0.4) is 0 Å². The number of likely N-dealkylation sites (N-methyl/N-ethyl adjacent to an activating group) is 1. The van der Waals surface area contributed by atoms with Gasteiger partial charge in [0.1, 0.15) is 17.2 Å². The number of carbonyl (C=O) groups is 1. The number of hydrogen-bond acceptors (Lipinski definition) is 12. The highest BCUT2D eigenvalue weighted by atomic mass is 35.5. The largest absolute Gasteiger partial charge is 0.456 e. The number of piperazine rings is 1. The second-order valence-electron chi connectivity index (χ2n) is 16.0. The number of nitro benzene ring substituents is 1. The summed E-state index contributed by atoms with van der Waals surface area (Å²) in [5.41, 5.74) is 2.89. The molecule has 0 bridgehead atoms. The number of halogens is 1. The topological polar surface area (TPSA) is 156 Å². The molecule has 0 saturated carbocycles. The first-order chi connectivity index (χ1) is 29.9. The molecule has 2 N–H and O–H groups in total. The number of benzene rings is 4. The highest BCUT2D eigenvalue weighted by Crippen LogP contribution is 2.38. The fraction of sp³-hybridized carbons (Fsp3) is 0.370. The lowest BCUT2D eigenvalue weighted by Crippen LogP contribution is -2.47. The van der Waals surface area contributed by atoms with E-state index in [1.54, 1.807) is 36.4 Å². The highest BCUT2D eigenvalue weighted by Gasteiger charge is 2.32. The Morgan fingerprint density at radius 1 is 0.968 bits per heavy atom. The second-order valence-corrected chi connectivity index (χ2v) is 18.3. The van der Waals surface area contributed by atoms with Gasteiger partial charge in [0.25, 0.3) is 21.6 Å². The fourth-order valence-corrected chi connectivity index (χ4v) is 9.06. The third-order valence-corrected chi connectivity index (χ3v) is 12.9. The van der Waals surface area contributed by atoms with Crippen molar-refractivity contribution in [2.24, 2.45) is 5.92 Å². The molecule has 2 atom stereocenters. The molecule has 62 heavy (non-hydrogen) atoms. The maximum absolute atomic E-state index is 13.8. The van der Waals surface area contributed by atoms with Crippen LogP contribution in [0.5, 0.6) is 11.5 Å². The van der Waals surface area contributed by atoms with Crippen LogP contribution in [0.25, 0.3) is 0 Å². The first-order valence-corrected chi connectivity index (χ1v) is 22.7. The van der Waals surface area contributed by atoms with Crippen LogP contribution in [0.2, 0.25) is 0 Å². The van der Waals surface area contributed by atoms with E-state index < -0.39 is 36.5 Å². The maximum Gasteiger partial charge on any atom is 0.293 e. The summed E-state index contributed by atoms with van der Waals surface area (Å²) in [4.78, 5) is 31.4. The normalized spacial score (nSPS) is 19.8. The predicted octanol–water partition coefficient (Wildman–Crippen LogP) is 7.26. The van der Waals surface area contributed by atoms with Crippen LogP contribution in [-0.2, 0) is 19.5 Å². The molecule has 0 aromatic heterocycles. The molecule has 14 nitrogen and oxygen atoms in total. The Morgan fingerprint density at radius 2 is 1.68 bits per heavy atom. The number of nitrogens with zero attached hydrogens (tertiary/aromatic N) is 4. The summed E-state index contributed by atoms with van der Waals surface area (Å²) in [5, 5.41) is 14.1.